The van der Waals surface area contributed by atoms with Crippen LogP contribution in [0.1, 0.15) is 29.8 Å². The number of aliphatic hydroxyl groups is 1. The number of carbonyl (C=O) groups excluding carboxylic acids is 1. The van der Waals surface area contributed by atoms with Crippen LogP contribution in [-0.4, -0.2) is 63.2 Å². The third-order valence-electron chi connectivity index (χ3n) is 6.07. The lowest BCUT2D eigenvalue weighted by atomic mass is 10.00. The van der Waals surface area contributed by atoms with Crippen molar-refractivity contribution in [1.29, 1.82) is 0 Å². The predicted octanol–water partition coefficient (Wildman–Crippen LogP) is 3.75. The fourth-order valence-electron chi connectivity index (χ4n) is 4.08. The molecule has 3 aromatic carbocycles. The smallest absolute Gasteiger partial charge is 0.251 e. The summed E-state index contributed by atoms with van der Waals surface area (Å²) >= 11 is 0. The molecule has 3 rings (SSSR count). The standard InChI is InChI=1S/C29H36N2O6S/c1-21(2)19-31(38(34,35)26-15-13-24(36-3)14-16-26)20-28(32)27(17-22-9-6-5-7-10-22)30-29(33)23-11-8-12-25(18-23)37-4/h5-16,18,21,27-28,32H,17,19-20H2,1-4H3,(H,30,33)/t27-,28+/m0/s1. The van der Waals surface area contributed by atoms with Crippen LogP contribution in [0.4, 0.5) is 0 Å². The van der Waals surface area contributed by atoms with Crippen molar-refractivity contribution in [3.63, 3.8) is 0 Å². The van der Waals surface area contributed by atoms with Crippen LogP contribution in [0, 0.1) is 5.92 Å². The molecule has 0 radical (unpaired) electrons. The molecule has 0 aliphatic rings. The van der Waals surface area contributed by atoms with E-state index < -0.39 is 28.1 Å². The van der Waals surface area contributed by atoms with E-state index in [0.29, 0.717) is 23.5 Å². The fraction of sp³-hybridized carbons (Fsp3) is 0.345. The molecule has 8 nitrogen and oxygen atoms in total. The third kappa shape index (κ3) is 7.80. The van der Waals surface area contributed by atoms with Gasteiger partial charge in [0.05, 0.1) is 31.3 Å². The minimum Gasteiger partial charge on any atom is -0.497 e. The van der Waals surface area contributed by atoms with Gasteiger partial charge in [0, 0.05) is 18.7 Å². The van der Waals surface area contributed by atoms with Crippen LogP contribution < -0.4 is 14.8 Å². The maximum Gasteiger partial charge on any atom is 0.251 e. The summed E-state index contributed by atoms with van der Waals surface area (Å²) in [7, 11) is -0.893. The molecule has 0 saturated carbocycles. The van der Waals surface area contributed by atoms with E-state index in [9.17, 15) is 18.3 Å². The van der Waals surface area contributed by atoms with E-state index in [2.05, 4.69) is 5.32 Å². The van der Waals surface area contributed by atoms with Gasteiger partial charge in [-0.15, -0.1) is 0 Å². The third-order valence-corrected chi connectivity index (χ3v) is 7.91. The van der Waals surface area contributed by atoms with Crippen molar-refractivity contribution in [2.24, 2.45) is 5.92 Å². The summed E-state index contributed by atoms with van der Waals surface area (Å²) in [5.41, 5.74) is 1.27. The summed E-state index contributed by atoms with van der Waals surface area (Å²) in [5, 5.41) is 14.3. The van der Waals surface area contributed by atoms with E-state index in [4.69, 9.17) is 9.47 Å². The number of hydrogen-bond donors (Lipinski definition) is 2. The zero-order chi connectivity index (χ0) is 27.7. The van der Waals surface area contributed by atoms with Crippen LogP contribution in [0.3, 0.4) is 0 Å². The Morgan fingerprint density at radius 1 is 0.895 bits per heavy atom. The highest BCUT2D eigenvalue weighted by Gasteiger charge is 2.31. The molecule has 2 N–H and O–H groups in total. The van der Waals surface area contributed by atoms with E-state index >= 15 is 0 Å². The molecular formula is C29H36N2O6S. The first-order valence-corrected chi connectivity index (χ1v) is 13.9. The number of ether oxygens (including phenoxy) is 2. The first-order valence-electron chi connectivity index (χ1n) is 12.4. The normalized spacial score (nSPS) is 13.2. The maximum atomic E-state index is 13.6. The van der Waals surface area contributed by atoms with Crippen LogP contribution in [0.5, 0.6) is 11.5 Å². The van der Waals surface area contributed by atoms with Gasteiger partial charge in [0.2, 0.25) is 10.0 Å². The van der Waals surface area contributed by atoms with Crippen LogP contribution in [-0.2, 0) is 16.4 Å². The van der Waals surface area contributed by atoms with Crippen molar-refractivity contribution in [3.05, 3.63) is 90.0 Å². The number of amides is 1. The molecule has 204 valence electrons. The van der Waals surface area contributed by atoms with E-state index in [1.165, 1.54) is 30.7 Å². The van der Waals surface area contributed by atoms with Gasteiger partial charge >= 0.3 is 0 Å². The molecule has 0 spiro atoms. The number of nitrogens with one attached hydrogen (secondary N) is 1. The minimum absolute atomic E-state index is 0.00849. The number of rotatable bonds is 13. The zero-order valence-corrected chi connectivity index (χ0v) is 23.0. The molecule has 0 fully saturated rings. The number of methoxy groups -OCH3 is 2. The van der Waals surface area contributed by atoms with Gasteiger partial charge < -0.3 is 19.9 Å². The Balaban J connectivity index is 1.88. The summed E-state index contributed by atoms with van der Waals surface area (Å²) in [5.74, 6) is 0.695. The van der Waals surface area contributed by atoms with Gasteiger partial charge in [-0.1, -0.05) is 50.2 Å². The van der Waals surface area contributed by atoms with Gasteiger partial charge in [0.1, 0.15) is 11.5 Å². The highest BCUT2D eigenvalue weighted by Crippen LogP contribution is 2.22. The molecule has 9 heteroatoms. The van der Waals surface area contributed by atoms with Crippen molar-refractivity contribution in [2.75, 3.05) is 27.3 Å². The topological polar surface area (TPSA) is 105 Å². The quantitative estimate of drug-likeness (QED) is 0.342. The molecule has 0 aliphatic carbocycles. The molecule has 0 aliphatic heterocycles. The van der Waals surface area contributed by atoms with E-state index in [1.54, 1.807) is 36.4 Å². The summed E-state index contributed by atoms with van der Waals surface area (Å²) < 4.78 is 38.8. The maximum absolute atomic E-state index is 13.6. The predicted molar refractivity (Wildman–Crippen MR) is 147 cm³/mol. The second-order valence-corrected chi connectivity index (χ2v) is 11.4. The Bertz CT molecular complexity index is 1280. The summed E-state index contributed by atoms with van der Waals surface area (Å²) in [6.07, 6.45) is -0.868. The molecule has 0 saturated heterocycles. The average Bonchev–Trinajstić information content (AvgIpc) is 2.92. The van der Waals surface area contributed by atoms with Crippen LogP contribution in [0.2, 0.25) is 0 Å². The van der Waals surface area contributed by atoms with E-state index in [-0.39, 0.29) is 23.9 Å². The first-order chi connectivity index (χ1) is 18.1. The minimum atomic E-state index is -3.92. The Morgan fingerprint density at radius 3 is 2.16 bits per heavy atom. The molecule has 2 atom stereocenters. The van der Waals surface area contributed by atoms with Gasteiger partial charge in [-0.25, -0.2) is 8.42 Å². The van der Waals surface area contributed by atoms with Crippen LogP contribution in [0.25, 0.3) is 0 Å². The number of aliphatic hydroxyl groups excluding tert-OH is 1. The van der Waals surface area contributed by atoms with Crippen molar-refractivity contribution < 1.29 is 27.8 Å². The molecule has 0 aromatic heterocycles. The summed E-state index contributed by atoms with van der Waals surface area (Å²) in [6.45, 7) is 3.83. The molecule has 0 unspecified atom stereocenters. The van der Waals surface area contributed by atoms with Gasteiger partial charge in [-0.05, 0) is 60.4 Å². The molecule has 1 amide bonds. The Morgan fingerprint density at radius 2 is 1.55 bits per heavy atom. The highest BCUT2D eigenvalue weighted by molar-refractivity contribution is 7.89. The molecule has 3 aromatic rings. The van der Waals surface area contributed by atoms with Crippen molar-refractivity contribution >= 4 is 15.9 Å². The largest absolute Gasteiger partial charge is 0.497 e. The van der Waals surface area contributed by atoms with Crippen molar-refractivity contribution in [1.82, 2.24) is 9.62 Å². The monoisotopic (exact) mass is 540 g/mol. The second-order valence-electron chi connectivity index (χ2n) is 9.46. The second kappa shape index (κ2) is 13.4. The summed E-state index contributed by atoms with van der Waals surface area (Å²) in [4.78, 5) is 13.2. The molecule has 0 bridgehead atoms. The number of carbonyl (C=O) groups is 1. The van der Waals surface area contributed by atoms with Gasteiger partial charge in [0.25, 0.3) is 5.91 Å². The van der Waals surface area contributed by atoms with Crippen molar-refractivity contribution in [2.45, 2.75) is 37.3 Å². The summed E-state index contributed by atoms with van der Waals surface area (Å²) in [6, 6.07) is 21.5. The lowest BCUT2D eigenvalue weighted by Gasteiger charge is -2.31. The van der Waals surface area contributed by atoms with Gasteiger partial charge in [-0.3, -0.25) is 4.79 Å². The number of sulfonamides is 1. The number of hydrogen-bond acceptors (Lipinski definition) is 6. The van der Waals surface area contributed by atoms with Crippen LogP contribution >= 0.6 is 0 Å². The average molecular weight is 541 g/mol. The molecular weight excluding hydrogens is 504 g/mol. The Labute approximate surface area is 225 Å². The van der Waals surface area contributed by atoms with Crippen molar-refractivity contribution in [3.8, 4) is 11.5 Å². The van der Waals surface area contributed by atoms with Crippen LogP contribution in [0.15, 0.2) is 83.8 Å². The fourth-order valence-corrected chi connectivity index (χ4v) is 5.70. The van der Waals surface area contributed by atoms with Gasteiger partial charge in [-0.2, -0.15) is 4.31 Å². The van der Waals surface area contributed by atoms with E-state index in [1.807, 2.05) is 44.2 Å². The SMILES string of the molecule is COc1ccc(S(=O)(=O)N(CC(C)C)C[C@@H](O)[C@H](Cc2ccccc2)NC(=O)c2cccc(OC)c2)cc1. The highest BCUT2D eigenvalue weighted by atomic mass is 32.2. The van der Waals surface area contributed by atoms with Gasteiger partial charge in [0.15, 0.2) is 0 Å². The molecule has 38 heavy (non-hydrogen) atoms. The number of nitrogens with zero attached hydrogens (tertiary/aromatic N) is 1. The first kappa shape index (κ1) is 29.2. The number of benzene rings is 3. The van der Waals surface area contributed by atoms with E-state index in [0.717, 1.165) is 5.56 Å². The molecule has 0 heterocycles. The zero-order valence-electron chi connectivity index (χ0n) is 22.2. The lowest BCUT2D eigenvalue weighted by molar-refractivity contribution is 0.0775. The lowest BCUT2D eigenvalue weighted by Crippen LogP contribution is -2.51. The Kier molecular flexibility index (Phi) is 10.3. The Hall–Kier alpha value is -3.40.